The van der Waals surface area contributed by atoms with E-state index in [-0.39, 0.29) is 0 Å². The summed E-state index contributed by atoms with van der Waals surface area (Å²) >= 11 is 0. The number of nitrogens with one attached hydrogen (secondary N) is 1. The van der Waals surface area contributed by atoms with Crippen LogP contribution in [0.1, 0.15) is 52.4 Å². The minimum Gasteiger partial charge on any atom is -0.381 e. The molecule has 90 valence electrons. The average Bonchev–Trinajstić information content (AvgIpc) is 2.76. The molecule has 0 radical (unpaired) electrons. The topological polar surface area (TPSA) is 21.3 Å². The molecule has 0 saturated heterocycles. The minimum atomic E-state index is 0.703. The van der Waals surface area contributed by atoms with Crippen molar-refractivity contribution in [2.24, 2.45) is 5.92 Å². The van der Waals surface area contributed by atoms with Crippen LogP contribution in [0.4, 0.5) is 0 Å². The van der Waals surface area contributed by atoms with Gasteiger partial charge >= 0.3 is 0 Å². The molecule has 2 nitrogen and oxygen atoms in total. The monoisotopic (exact) mass is 213 g/mol. The third-order valence-corrected chi connectivity index (χ3v) is 3.36. The predicted molar refractivity (Wildman–Crippen MR) is 65.1 cm³/mol. The first-order valence-corrected chi connectivity index (χ1v) is 6.69. The molecule has 0 bridgehead atoms. The predicted octanol–water partition coefficient (Wildman–Crippen LogP) is 2.97. The molecule has 2 heteroatoms. The van der Waals surface area contributed by atoms with Crippen molar-refractivity contribution in [1.82, 2.24) is 5.32 Å². The number of rotatable bonds is 8. The van der Waals surface area contributed by atoms with Crippen LogP contribution in [-0.4, -0.2) is 25.8 Å². The zero-order chi connectivity index (χ0) is 10.9. The lowest BCUT2D eigenvalue weighted by Gasteiger charge is -2.24. The summed E-state index contributed by atoms with van der Waals surface area (Å²) < 4.78 is 5.58. The summed E-state index contributed by atoms with van der Waals surface area (Å²) in [5.41, 5.74) is 0. The zero-order valence-electron chi connectivity index (χ0n) is 10.4. The molecule has 1 N–H and O–H groups in total. The van der Waals surface area contributed by atoms with Crippen molar-refractivity contribution in [3.8, 4) is 0 Å². The van der Waals surface area contributed by atoms with Gasteiger partial charge in [-0.1, -0.05) is 26.7 Å². The Hall–Kier alpha value is -0.0800. The minimum absolute atomic E-state index is 0.703. The highest BCUT2D eigenvalue weighted by molar-refractivity contribution is 4.80. The Kier molecular flexibility index (Phi) is 7.03. The Morgan fingerprint density at radius 2 is 1.93 bits per heavy atom. The van der Waals surface area contributed by atoms with Crippen molar-refractivity contribution in [3.05, 3.63) is 0 Å². The number of hydrogen-bond acceptors (Lipinski definition) is 2. The van der Waals surface area contributed by atoms with E-state index in [1.54, 1.807) is 0 Å². The standard InChI is InChI=1S/C13H27NO/c1-3-10-15-11-9-13(14-4-2)12-7-5-6-8-12/h12-14H,3-11H2,1-2H3. The highest BCUT2D eigenvalue weighted by atomic mass is 16.5. The molecule has 1 unspecified atom stereocenters. The second-order valence-electron chi connectivity index (χ2n) is 4.61. The van der Waals surface area contributed by atoms with Gasteiger partial charge in [0.1, 0.15) is 0 Å². The molecular weight excluding hydrogens is 186 g/mol. The third-order valence-electron chi connectivity index (χ3n) is 3.36. The molecule has 1 rings (SSSR count). The van der Waals surface area contributed by atoms with E-state index in [0.29, 0.717) is 6.04 Å². The fraction of sp³-hybridized carbons (Fsp3) is 1.00. The largest absolute Gasteiger partial charge is 0.381 e. The fourth-order valence-corrected chi connectivity index (χ4v) is 2.58. The van der Waals surface area contributed by atoms with E-state index >= 15 is 0 Å². The van der Waals surface area contributed by atoms with E-state index in [2.05, 4.69) is 19.2 Å². The summed E-state index contributed by atoms with van der Waals surface area (Å²) in [4.78, 5) is 0. The van der Waals surface area contributed by atoms with Gasteiger partial charge in [-0.3, -0.25) is 0 Å². The van der Waals surface area contributed by atoms with Crippen molar-refractivity contribution >= 4 is 0 Å². The Labute approximate surface area is 94.8 Å². The maximum absolute atomic E-state index is 5.58. The highest BCUT2D eigenvalue weighted by Gasteiger charge is 2.23. The van der Waals surface area contributed by atoms with Gasteiger partial charge < -0.3 is 10.1 Å². The van der Waals surface area contributed by atoms with Gasteiger partial charge in [0.25, 0.3) is 0 Å². The van der Waals surface area contributed by atoms with Crippen molar-refractivity contribution in [1.29, 1.82) is 0 Å². The second kappa shape index (κ2) is 8.12. The van der Waals surface area contributed by atoms with Crippen LogP contribution < -0.4 is 5.32 Å². The second-order valence-corrected chi connectivity index (χ2v) is 4.61. The van der Waals surface area contributed by atoms with E-state index < -0.39 is 0 Å². The van der Waals surface area contributed by atoms with Crippen molar-refractivity contribution in [2.45, 2.75) is 58.4 Å². The first-order chi connectivity index (χ1) is 7.38. The van der Waals surface area contributed by atoms with Crippen LogP contribution in [0.3, 0.4) is 0 Å². The van der Waals surface area contributed by atoms with Gasteiger partial charge in [0.15, 0.2) is 0 Å². The summed E-state index contributed by atoms with van der Waals surface area (Å²) in [5.74, 6) is 0.912. The smallest absolute Gasteiger partial charge is 0.0480 e. The molecule has 0 spiro atoms. The van der Waals surface area contributed by atoms with Gasteiger partial charge in [-0.2, -0.15) is 0 Å². The molecule has 1 aliphatic rings. The first kappa shape index (κ1) is 13.0. The van der Waals surface area contributed by atoms with Crippen LogP contribution >= 0.6 is 0 Å². The van der Waals surface area contributed by atoms with Crippen LogP contribution in [-0.2, 0) is 4.74 Å². The average molecular weight is 213 g/mol. The van der Waals surface area contributed by atoms with Crippen LogP contribution in [0.2, 0.25) is 0 Å². The Balaban J connectivity index is 2.17. The Morgan fingerprint density at radius 1 is 1.20 bits per heavy atom. The Bertz CT molecular complexity index is 143. The lowest BCUT2D eigenvalue weighted by molar-refractivity contribution is 0.118. The van der Waals surface area contributed by atoms with Crippen molar-refractivity contribution in [3.63, 3.8) is 0 Å². The first-order valence-electron chi connectivity index (χ1n) is 6.69. The van der Waals surface area contributed by atoms with Crippen LogP contribution in [0, 0.1) is 5.92 Å². The highest BCUT2D eigenvalue weighted by Crippen LogP contribution is 2.28. The van der Waals surface area contributed by atoms with Crippen LogP contribution in [0.15, 0.2) is 0 Å². The molecular formula is C13H27NO. The van der Waals surface area contributed by atoms with Crippen molar-refractivity contribution < 1.29 is 4.74 Å². The Morgan fingerprint density at radius 3 is 2.53 bits per heavy atom. The fourth-order valence-electron chi connectivity index (χ4n) is 2.58. The molecule has 0 heterocycles. The third kappa shape index (κ3) is 4.98. The summed E-state index contributed by atoms with van der Waals surface area (Å²) in [6.45, 7) is 7.31. The molecule has 0 aromatic rings. The maximum atomic E-state index is 5.58. The van der Waals surface area contributed by atoms with E-state index in [9.17, 15) is 0 Å². The zero-order valence-corrected chi connectivity index (χ0v) is 10.4. The van der Waals surface area contributed by atoms with E-state index in [1.165, 1.54) is 32.1 Å². The molecule has 15 heavy (non-hydrogen) atoms. The van der Waals surface area contributed by atoms with E-state index in [0.717, 1.165) is 32.1 Å². The summed E-state index contributed by atoms with van der Waals surface area (Å²) in [6, 6.07) is 0.703. The molecule has 1 fully saturated rings. The molecule has 0 amide bonds. The van der Waals surface area contributed by atoms with E-state index in [4.69, 9.17) is 4.74 Å². The molecule has 1 saturated carbocycles. The number of hydrogen-bond donors (Lipinski definition) is 1. The molecule has 1 atom stereocenters. The van der Waals surface area contributed by atoms with Gasteiger partial charge in [0.05, 0.1) is 0 Å². The quantitative estimate of drug-likeness (QED) is 0.626. The summed E-state index contributed by atoms with van der Waals surface area (Å²) in [6.07, 6.45) is 8.04. The van der Waals surface area contributed by atoms with Crippen LogP contribution in [0.25, 0.3) is 0 Å². The lowest BCUT2D eigenvalue weighted by Crippen LogP contribution is -2.36. The van der Waals surface area contributed by atoms with Gasteiger partial charge in [0, 0.05) is 19.3 Å². The number of ether oxygens (including phenoxy) is 1. The van der Waals surface area contributed by atoms with Crippen molar-refractivity contribution in [2.75, 3.05) is 19.8 Å². The molecule has 0 aliphatic heterocycles. The molecule has 0 aromatic heterocycles. The normalized spacial score (nSPS) is 19.6. The van der Waals surface area contributed by atoms with Gasteiger partial charge in [-0.15, -0.1) is 0 Å². The molecule has 0 aromatic carbocycles. The van der Waals surface area contributed by atoms with E-state index in [1.807, 2.05) is 0 Å². The van der Waals surface area contributed by atoms with Crippen LogP contribution in [0.5, 0.6) is 0 Å². The summed E-state index contributed by atoms with van der Waals surface area (Å²) in [5, 5.41) is 3.62. The van der Waals surface area contributed by atoms with Gasteiger partial charge in [0.2, 0.25) is 0 Å². The van der Waals surface area contributed by atoms with Gasteiger partial charge in [-0.25, -0.2) is 0 Å². The lowest BCUT2D eigenvalue weighted by atomic mass is 9.95. The SMILES string of the molecule is CCCOCCC(NCC)C1CCCC1. The molecule has 1 aliphatic carbocycles. The maximum Gasteiger partial charge on any atom is 0.0480 e. The van der Waals surface area contributed by atoms with Gasteiger partial charge in [-0.05, 0) is 38.1 Å². The summed E-state index contributed by atoms with van der Waals surface area (Å²) in [7, 11) is 0.